The molecule has 0 unspecified atom stereocenters. The third-order valence-electron chi connectivity index (χ3n) is 4.90. The quantitative estimate of drug-likeness (QED) is 0.433. The minimum Gasteiger partial charge on any atom is -0.488 e. The Morgan fingerprint density at radius 3 is 2.53 bits per heavy atom. The van der Waals surface area contributed by atoms with Crippen molar-refractivity contribution in [1.82, 2.24) is 15.0 Å². The van der Waals surface area contributed by atoms with E-state index in [4.69, 9.17) is 4.74 Å². The third-order valence-corrected chi connectivity index (χ3v) is 4.90. The number of nitrogens with one attached hydrogen (secondary N) is 2. The van der Waals surface area contributed by atoms with Crippen LogP contribution >= 0.6 is 0 Å². The summed E-state index contributed by atoms with van der Waals surface area (Å²) in [5.74, 6) is -0.179. The molecule has 4 rings (SSSR count). The molecule has 1 amide bonds. The number of rotatable bonds is 7. The molecule has 3 aromatic carbocycles. The van der Waals surface area contributed by atoms with Crippen molar-refractivity contribution in [3.05, 3.63) is 100 Å². The van der Waals surface area contributed by atoms with E-state index in [1.165, 1.54) is 16.7 Å². The first-order valence-corrected chi connectivity index (χ1v) is 10.1. The van der Waals surface area contributed by atoms with Crippen molar-refractivity contribution in [3.8, 4) is 5.75 Å². The molecule has 1 aromatic heterocycles. The second-order valence-electron chi connectivity index (χ2n) is 6.99. The van der Waals surface area contributed by atoms with Gasteiger partial charge in [-0.3, -0.25) is 25.0 Å². The molecule has 0 aliphatic rings. The van der Waals surface area contributed by atoms with Gasteiger partial charge < -0.3 is 4.74 Å². The predicted molar refractivity (Wildman–Crippen MR) is 120 cm³/mol. The lowest BCUT2D eigenvalue weighted by Gasteiger charge is -2.15. The van der Waals surface area contributed by atoms with Gasteiger partial charge in [-0.15, -0.1) is 0 Å². The zero-order valence-electron chi connectivity index (χ0n) is 17.3. The Labute approximate surface area is 183 Å². The van der Waals surface area contributed by atoms with Gasteiger partial charge in [-0.05, 0) is 48.9 Å². The normalized spacial score (nSPS) is 10.7. The monoisotopic (exact) mass is 432 g/mol. The van der Waals surface area contributed by atoms with Crippen LogP contribution in [0.3, 0.4) is 0 Å². The highest BCUT2D eigenvalue weighted by molar-refractivity contribution is 5.97. The zero-order valence-corrected chi connectivity index (χ0v) is 17.3. The fourth-order valence-electron chi connectivity index (χ4n) is 3.26. The maximum absolute atomic E-state index is 13.1. The number of ether oxygens (including phenoxy) is 1. The van der Waals surface area contributed by atoms with E-state index >= 15 is 0 Å². The van der Waals surface area contributed by atoms with Crippen LogP contribution in [-0.2, 0) is 13.2 Å². The first kappa shape index (κ1) is 21.0. The largest absolute Gasteiger partial charge is 0.488 e. The Kier molecular flexibility index (Phi) is 6.12. The zero-order chi connectivity index (χ0) is 22.5. The van der Waals surface area contributed by atoms with E-state index in [9.17, 15) is 14.0 Å². The van der Waals surface area contributed by atoms with Gasteiger partial charge >= 0.3 is 0 Å². The summed E-state index contributed by atoms with van der Waals surface area (Å²) in [6, 6.07) is 19.7. The number of amides is 1. The number of halogens is 1. The fraction of sp³-hybridized carbons (Fsp3) is 0.125. The molecule has 7 nitrogen and oxygen atoms in total. The molecule has 0 bridgehead atoms. The number of benzene rings is 3. The van der Waals surface area contributed by atoms with Gasteiger partial charge in [0.2, 0.25) is 5.95 Å². The van der Waals surface area contributed by atoms with Crippen molar-refractivity contribution in [2.24, 2.45) is 0 Å². The van der Waals surface area contributed by atoms with Crippen molar-refractivity contribution < 1.29 is 13.9 Å². The van der Waals surface area contributed by atoms with Gasteiger partial charge in [0, 0.05) is 6.54 Å². The van der Waals surface area contributed by atoms with E-state index in [2.05, 4.69) is 15.8 Å². The number of fused-ring (bicyclic) bond motifs is 1. The lowest BCUT2D eigenvalue weighted by Crippen LogP contribution is -2.34. The highest BCUT2D eigenvalue weighted by Gasteiger charge is 2.14. The minimum atomic E-state index is -0.454. The van der Waals surface area contributed by atoms with Crippen LogP contribution in [0.2, 0.25) is 0 Å². The predicted octanol–water partition coefficient (Wildman–Crippen LogP) is 3.89. The smallest absolute Gasteiger partial charge is 0.273 e. The van der Waals surface area contributed by atoms with Crippen LogP contribution < -0.4 is 21.1 Å². The first-order chi connectivity index (χ1) is 15.6. The van der Waals surface area contributed by atoms with Crippen LogP contribution in [0.5, 0.6) is 5.75 Å². The number of hydrogen-bond acceptors (Lipinski definition) is 5. The molecule has 2 N–H and O–H groups in total. The van der Waals surface area contributed by atoms with E-state index < -0.39 is 5.91 Å². The summed E-state index contributed by atoms with van der Waals surface area (Å²) in [6.07, 6.45) is 0. The highest BCUT2D eigenvalue weighted by atomic mass is 19.1. The average molecular weight is 432 g/mol. The number of para-hydroxylation sites is 2. The lowest BCUT2D eigenvalue weighted by atomic mass is 10.2. The van der Waals surface area contributed by atoms with Gasteiger partial charge in [0.1, 0.15) is 18.2 Å². The number of aromatic nitrogens is 2. The molecule has 0 aliphatic heterocycles. The Hall–Kier alpha value is -4.20. The van der Waals surface area contributed by atoms with E-state index in [1.54, 1.807) is 60.7 Å². The molecule has 32 heavy (non-hydrogen) atoms. The summed E-state index contributed by atoms with van der Waals surface area (Å²) in [6.45, 7) is 2.38. The molecule has 0 spiro atoms. The van der Waals surface area contributed by atoms with Gasteiger partial charge in [-0.2, -0.15) is 0 Å². The van der Waals surface area contributed by atoms with Crippen molar-refractivity contribution in [1.29, 1.82) is 0 Å². The number of hydrazine groups is 1. The second kappa shape index (κ2) is 9.30. The number of nitrogens with zero attached hydrogens (tertiary/aromatic N) is 2. The molecule has 0 radical (unpaired) electrons. The van der Waals surface area contributed by atoms with E-state index in [1.807, 2.05) is 6.92 Å². The summed E-state index contributed by atoms with van der Waals surface area (Å²) in [5, 5.41) is 0.505. The molecule has 0 saturated heterocycles. The summed E-state index contributed by atoms with van der Waals surface area (Å²) in [7, 11) is 0. The van der Waals surface area contributed by atoms with Crippen LogP contribution in [0.25, 0.3) is 10.9 Å². The topological polar surface area (TPSA) is 85.2 Å². The first-order valence-electron chi connectivity index (χ1n) is 10.1. The van der Waals surface area contributed by atoms with Crippen LogP contribution in [-0.4, -0.2) is 15.5 Å². The van der Waals surface area contributed by atoms with Crippen molar-refractivity contribution in [2.45, 2.75) is 20.1 Å². The summed E-state index contributed by atoms with van der Waals surface area (Å²) < 4.78 is 20.3. The standard InChI is InChI=1S/C24H21FN4O3/c1-2-29-23(31)18-7-3-5-9-20(18)26-24(29)28-27-22(30)19-8-4-6-10-21(19)32-15-16-11-13-17(25)14-12-16/h3-14H,2,15H2,1H3,(H,26,28)(H,27,30). The summed E-state index contributed by atoms with van der Waals surface area (Å²) in [5.41, 5.74) is 6.75. The molecule has 0 atom stereocenters. The Morgan fingerprint density at radius 2 is 1.75 bits per heavy atom. The molecule has 4 aromatic rings. The Bertz CT molecular complexity index is 1320. The van der Waals surface area contributed by atoms with Crippen LogP contribution in [0.15, 0.2) is 77.6 Å². The number of hydrogen-bond donors (Lipinski definition) is 2. The molecule has 8 heteroatoms. The Balaban J connectivity index is 1.51. The molecule has 0 saturated carbocycles. The van der Waals surface area contributed by atoms with Gasteiger partial charge in [-0.1, -0.05) is 36.4 Å². The minimum absolute atomic E-state index is 0.180. The van der Waals surface area contributed by atoms with Gasteiger partial charge in [-0.25, -0.2) is 9.37 Å². The Morgan fingerprint density at radius 1 is 1.03 bits per heavy atom. The van der Waals surface area contributed by atoms with Crippen molar-refractivity contribution in [2.75, 3.05) is 5.43 Å². The molecular weight excluding hydrogens is 411 g/mol. The third kappa shape index (κ3) is 4.44. The van der Waals surface area contributed by atoms with E-state index in [0.717, 1.165) is 5.56 Å². The second-order valence-corrected chi connectivity index (χ2v) is 6.99. The fourth-order valence-corrected chi connectivity index (χ4v) is 3.26. The van der Waals surface area contributed by atoms with Crippen LogP contribution in [0, 0.1) is 5.82 Å². The van der Waals surface area contributed by atoms with Gasteiger partial charge in [0.15, 0.2) is 0 Å². The average Bonchev–Trinajstić information content (AvgIpc) is 2.82. The number of carbonyl (C=O) groups excluding carboxylic acids is 1. The summed E-state index contributed by atoms with van der Waals surface area (Å²) in [4.78, 5) is 30.0. The van der Waals surface area contributed by atoms with Crippen molar-refractivity contribution in [3.63, 3.8) is 0 Å². The molecule has 0 fully saturated rings. The molecule has 1 heterocycles. The number of carbonyl (C=O) groups is 1. The van der Waals surface area contributed by atoms with Crippen LogP contribution in [0.1, 0.15) is 22.8 Å². The SMILES string of the molecule is CCn1c(NNC(=O)c2ccccc2OCc2ccc(F)cc2)nc2ccccc2c1=O. The van der Waals surface area contributed by atoms with Crippen molar-refractivity contribution >= 4 is 22.8 Å². The van der Waals surface area contributed by atoms with Gasteiger partial charge in [0.25, 0.3) is 11.5 Å². The van der Waals surface area contributed by atoms with E-state index in [-0.39, 0.29) is 23.9 Å². The molecule has 162 valence electrons. The maximum Gasteiger partial charge on any atom is 0.273 e. The van der Waals surface area contributed by atoms with Gasteiger partial charge in [0.05, 0.1) is 16.5 Å². The highest BCUT2D eigenvalue weighted by Crippen LogP contribution is 2.20. The van der Waals surface area contributed by atoms with E-state index in [0.29, 0.717) is 28.8 Å². The maximum atomic E-state index is 13.1. The molecule has 0 aliphatic carbocycles. The lowest BCUT2D eigenvalue weighted by molar-refractivity contribution is 0.0957. The number of anilines is 1. The summed E-state index contributed by atoms with van der Waals surface area (Å²) >= 11 is 0. The van der Waals surface area contributed by atoms with Crippen LogP contribution in [0.4, 0.5) is 10.3 Å². The molecular formula is C24H21FN4O3.